The van der Waals surface area contributed by atoms with Crippen LogP contribution in [0.1, 0.15) is 39.5 Å². The molecule has 0 spiro atoms. The van der Waals surface area contributed by atoms with E-state index in [-0.39, 0.29) is 5.75 Å². The molecule has 6 heteroatoms. The molecule has 1 rings (SSSR count). The van der Waals surface area contributed by atoms with Crippen molar-refractivity contribution < 1.29 is 13.2 Å². The standard InChI is InChI=1S/C14H30N2O3S/c1-13(2)15-8-4-5-10-20(17,18)16-9-6-7-14(11-16)12-19-3/h13-15H,4-12H2,1-3H3. The van der Waals surface area contributed by atoms with Crippen LogP contribution < -0.4 is 5.32 Å². The molecule has 1 unspecified atom stereocenters. The van der Waals surface area contributed by atoms with Crippen molar-refractivity contribution in [3.8, 4) is 0 Å². The van der Waals surface area contributed by atoms with Crippen molar-refractivity contribution in [3.05, 3.63) is 0 Å². The average Bonchev–Trinajstić information content (AvgIpc) is 2.38. The number of piperidine rings is 1. The van der Waals surface area contributed by atoms with E-state index in [2.05, 4.69) is 19.2 Å². The number of nitrogens with one attached hydrogen (secondary N) is 1. The van der Waals surface area contributed by atoms with Crippen LogP contribution in [0.3, 0.4) is 0 Å². The Balaban J connectivity index is 2.32. The molecule has 20 heavy (non-hydrogen) atoms. The normalized spacial score (nSPS) is 21.5. The van der Waals surface area contributed by atoms with Gasteiger partial charge < -0.3 is 10.1 Å². The summed E-state index contributed by atoms with van der Waals surface area (Å²) in [5.41, 5.74) is 0. The highest BCUT2D eigenvalue weighted by Crippen LogP contribution is 2.20. The van der Waals surface area contributed by atoms with Gasteiger partial charge in [0.2, 0.25) is 10.0 Å². The first-order valence-electron chi connectivity index (χ1n) is 7.66. The van der Waals surface area contributed by atoms with Gasteiger partial charge >= 0.3 is 0 Å². The molecule has 1 fully saturated rings. The first-order valence-corrected chi connectivity index (χ1v) is 9.26. The maximum absolute atomic E-state index is 12.3. The molecule has 0 amide bonds. The van der Waals surface area contributed by atoms with E-state index in [9.17, 15) is 8.42 Å². The Morgan fingerprint density at radius 3 is 2.75 bits per heavy atom. The van der Waals surface area contributed by atoms with Crippen LogP contribution in [0, 0.1) is 5.92 Å². The van der Waals surface area contributed by atoms with Crippen LogP contribution in [-0.4, -0.2) is 57.9 Å². The third-order valence-corrected chi connectivity index (χ3v) is 5.58. The number of rotatable bonds is 9. The lowest BCUT2D eigenvalue weighted by molar-refractivity contribution is 0.118. The summed E-state index contributed by atoms with van der Waals surface area (Å²) in [6.07, 6.45) is 3.65. The van der Waals surface area contributed by atoms with E-state index in [0.29, 0.717) is 31.7 Å². The first kappa shape index (κ1) is 17.9. The Morgan fingerprint density at radius 1 is 1.35 bits per heavy atom. The third kappa shape index (κ3) is 6.52. The van der Waals surface area contributed by atoms with Gasteiger partial charge in [-0.05, 0) is 38.1 Å². The zero-order valence-corrected chi connectivity index (χ0v) is 13.9. The summed E-state index contributed by atoms with van der Waals surface area (Å²) >= 11 is 0. The Morgan fingerprint density at radius 2 is 2.10 bits per heavy atom. The van der Waals surface area contributed by atoms with Crippen molar-refractivity contribution in [3.63, 3.8) is 0 Å². The fourth-order valence-corrected chi connectivity index (χ4v) is 4.25. The van der Waals surface area contributed by atoms with Crippen molar-refractivity contribution in [1.82, 2.24) is 9.62 Å². The molecule has 0 aromatic rings. The number of hydrogen-bond donors (Lipinski definition) is 1. The topological polar surface area (TPSA) is 58.6 Å². The summed E-state index contributed by atoms with van der Waals surface area (Å²) in [6.45, 7) is 7.04. The van der Waals surface area contributed by atoms with E-state index in [1.54, 1.807) is 11.4 Å². The van der Waals surface area contributed by atoms with E-state index in [1.165, 1.54) is 0 Å². The van der Waals surface area contributed by atoms with Gasteiger partial charge in [-0.1, -0.05) is 13.8 Å². The van der Waals surface area contributed by atoms with Crippen LogP contribution in [0.25, 0.3) is 0 Å². The van der Waals surface area contributed by atoms with Crippen LogP contribution in [0.15, 0.2) is 0 Å². The van der Waals surface area contributed by atoms with E-state index in [1.807, 2.05) is 0 Å². The predicted molar refractivity (Wildman–Crippen MR) is 82.3 cm³/mol. The van der Waals surface area contributed by atoms with Gasteiger partial charge in [0.05, 0.1) is 12.4 Å². The van der Waals surface area contributed by atoms with Crippen molar-refractivity contribution in [1.29, 1.82) is 0 Å². The fraction of sp³-hybridized carbons (Fsp3) is 1.00. The molecule has 0 aliphatic carbocycles. The van der Waals surface area contributed by atoms with E-state index in [4.69, 9.17) is 4.74 Å². The zero-order valence-electron chi connectivity index (χ0n) is 13.1. The lowest BCUT2D eigenvalue weighted by Gasteiger charge is -2.31. The largest absolute Gasteiger partial charge is 0.384 e. The second kappa shape index (κ2) is 8.97. The predicted octanol–water partition coefficient (Wildman–Crippen LogP) is 1.45. The Hall–Kier alpha value is -0.170. The molecule has 1 heterocycles. The monoisotopic (exact) mass is 306 g/mol. The van der Waals surface area contributed by atoms with Crippen molar-refractivity contribution in [2.24, 2.45) is 5.92 Å². The van der Waals surface area contributed by atoms with Crippen molar-refractivity contribution >= 4 is 10.0 Å². The van der Waals surface area contributed by atoms with Crippen molar-refractivity contribution in [2.45, 2.75) is 45.6 Å². The van der Waals surface area contributed by atoms with E-state index < -0.39 is 10.0 Å². The van der Waals surface area contributed by atoms with E-state index in [0.717, 1.165) is 32.2 Å². The molecule has 0 bridgehead atoms. The maximum Gasteiger partial charge on any atom is 0.214 e. The molecule has 0 radical (unpaired) electrons. The Kier molecular flexibility index (Phi) is 8.02. The first-order chi connectivity index (χ1) is 9.45. The minimum Gasteiger partial charge on any atom is -0.384 e. The molecule has 120 valence electrons. The number of methoxy groups -OCH3 is 1. The van der Waals surface area contributed by atoms with Gasteiger partial charge in [0, 0.05) is 26.2 Å². The SMILES string of the molecule is COCC1CCCN(S(=O)(=O)CCCCNC(C)C)C1. The van der Waals surface area contributed by atoms with Gasteiger partial charge in [0.15, 0.2) is 0 Å². The number of unbranched alkanes of at least 4 members (excludes halogenated alkanes) is 1. The molecular formula is C14H30N2O3S. The van der Waals surface area contributed by atoms with Gasteiger partial charge in [-0.3, -0.25) is 0 Å². The second-order valence-electron chi connectivity index (χ2n) is 5.95. The minimum absolute atomic E-state index is 0.270. The highest BCUT2D eigenvalue weighted by Gasteiger charge is 2.28. The van der Waals surface area contributed by atoms with Crippen LogP contribution in [-0.2, 0) is 14.8 Å². The molecular weight excluding hydrogens is 276 g/mol. The summed E-state index contributed by atoms with van der Waals surface area (Å²) in [7, 11) is -1.41. The number of hydrogen-bond acceptors (Lipinski definition) is 4. The zero-order chi connectivity index (χ0) is 15.0. The number of nitrogens with zero attached hydrogens (tertiary/aromatic N) is 1. The van der Waals surface area contributed by atoms with Crippen LogP contribution in [0.2, 0.25) is 0 Å². The summed E-state index contributed by atoms with van der Waals surface area (Å²) in [6, 6.07) is 0.462. The third-order valence-electron chi connectivity index (χ3n) is 3.66. The molecule has 0 aromatic carbocycles. The maximum atomic E-state index is 12.3. The fourth-order valence-electron chi connectivity index (χ4n) is 2.58. The van der Waals surface area contributed by atoms with Crippen LogP contribution in [0.4, 0.5) is 0 Å². The quantitative estimate of drug-likeness (QED) is 0.655. The van der Waals surface area contributed by atoms with Crippen LogP contribution >= 0.6 is 0 Å². The lowest BCUT2D eigenvalue weighted by Crippen LogP contribution is -2.42. The molecule has 1 saturated heterocycles. The Bertz CT molecular complexity index is 355. The highest BCUT2D eigenvalue weighted by molar-refractivity contribution is 7.89. The van der Waals surface area contributed by atoms with Crippen molar-refractivity contribution in [2.75, 3.05) is 39.1 Å². The lowest BCUT2D eigenvalue weighted by atomic mass is 10.0. The molecule has 0 aromatic heterocycles. The van der Waals surface area contributed by atoms with Gasteiger partial charge in [-0.25, -0.2) is 12.7 Å². The smallest absolute Gasteiger partial charge is 0.214 e. The minimum atomic E-state index is -3.09. The highest BCUT2D eigenvalue weighted by atomic mass is 32.2. The number of sulfonamides is 1. The molecule has 1 aliphatic rings. The molecule has 1 atom stereocenters. The Labute approximate surface area is 124 Å². The van der Waals surface area contributed by atoms with Gasteiger partial charge in [-0.2, -0.15) is 0 Å². The summed E-state index contributed by atoms with van der Waals surface area (Å²) in [5.74, 6) is 0.623. The molecule has 5 nitrogen and oxygen atoms in total. The van der Waals surface area contributed by atoms with Gasteiger partial charge in [0.25, 0.3) is 0 Å². The molecule has 1 aliphatic heterocycles. The average molecular weight is 306 g/mol. The molecule has 1 N–H and O–H groups in total. The van der Waals surface area contributed by atoms with E-state index >= 15 is 0 Å². The second-order valence-corrected chi connectivity index (χ2v) is 8.04. The summed E-state index contributed by atoms with van der Waals surface area (Å²) in [4.78, 5) is 0. The summed E-state index contributed by atoms with van der Waals surface area (Å²) < 4.78 is 31.4. The van der Waals surface area contributed by atoms with Gasteiger partial charge in [0.1, 0.15) is 0 Å². The van der Waals surface area contributed by atoms with Gasteiger partial charge in [-0.15, -0.1) is 0 Å². The molecule has 0 saturated carbocycles. The summed E-state index contributed by atoms with van der Waals surface area (Å²) in [5, 5.41) is 3.31. The number of ether oxygens (including phenoxy) is 1. The van der Waals surface area contributed by atoms with Crippen LogP contribution in [0.5, 0.6) is 0 Å².